The fourth-order valence-electron chi connectivity index (χ4n) is 1.17. The lowest BCUT2D eigenvalue weighted by Crippen LogP contribution is -2.16. The van der Waals surface area contributed by atoms with Gasteiger partial charge in [0, 0.05) is 0 Å². The molecule has 2 rings (SSSR count). The quantitative estimate of drug-likeness (QED) is 0.588. The van der Waals surface area contributed by atoms with E-state index in [2.05, 4.69) is 15.0 Å². The van der Waals surface area contributed by atoms with Crippen molar-refractivity contribution in [3.8, 4) is 5.88 Å². The Labute approximate surface area is 80.6 Å². The van der Waals surface area contributed by atoms with Crippen molar-refractivity contribution < 1.29 is 4.74 Å². The van der Waals surface area contributed by atoms with Crippen LogP contribution in [0.4, 0.5) is 0 Å². The molecule has 68 valence electrons. The molecule has 0 amide bonds. The summed E-state index contributed by atoms with van der Waals surface area (Å²) in [6.45, 7) is 0. The van der Waals surface area contributed by atoms with Crippen LogP contribution in [0.25, 0.3) is 11.0 Å². The Morgan fingerprint density at radius 2 is 2.21 bits per heavy atom. The Bertz CT molecular complexity index is 538. The molecule has 0 saturated carbocycles. The van der Waals surface area contributed by atoms with Crippen LogP contribution in [0.2, 0.25) is 0 Å². The number of H-pyrrole nitrogens is 1. The summed E-state index contributed by atoms with van der Waals surface area (Å²) < 4.78 is 4.91. The van der Waals surface area contributed by atoms with E-state index in [0.29, 0.717) is 11.0 Å². The molecule has 0 aliphatic rings. The van der Waals surface area contributed by atoms with Crippen molar-refractivity contribution in [2.45, 2.75) is 0 Å². The molecule has 1 N–H and O–H groups in total. The highest BCUT2D eigenvalue weighted by Crippen LogP contribution is 2.07. The first-order valence-electron chi connectivity index (χ1n) is 3.90. The average Bonchev–Trinajstić information content (AvgIpc) is 2.20. The van der Waals surface area contributed by atoms with E-state index in [-0.39, 0.29) is 16.9 Å². The van der Waals surface area contributed by atoms with Gasteiger partial charge >= 0.3 is 0 Å². The van der Waals surface area contributed by atoms with Gasteiger partial charge in [-0.3, -0.25) is 4.79 Å². The smallest absolute Gasteiger partial charge is 0.266 e. The van der Waals surface area contributed by atoms with Gasteiger partial charge in [-0.1, -0.05) is 0 Å². The summed E-state index contributed by atoms with van der Waals surface area (Å²) in [6.07, 6.45) is 2.66. The van der Waals surface area contributed by atoms with E-state index in [1.54, 1.807) is 0 Å². The van der Waals surface area contributed by atoms with E-state index in [0.717, 1.165) is 0 Å². The van der Waals surface area contributed by atoms with Crippen LogP contribution in [0.5, 0.6) is 5.88 Å². The summed E-state index contributed by atoms with van der Waals surface area (Å²) >= 11 is 0. The van der Waals surface area contributed by atoms with Crippen molar-refractivity contribution in [1.29, 1.82) is 0 Å². The number of nitrogens with zero attached hydrogens (tertiary/aromatic N) is 2. The monoisotopic (exact) mass is 187 g/mol. The van der Waals surface area contributed by atoms with Crippen molar-refractivity contribution in [3.63, 3.8) is 0 Å². The zero-order chi connectivity index (χ0) is 10.1. The minimum Gasteiger partial charge on any atom is -0.481 e. The Hall–Kier alpha value is -1.85. The number of pyridine rings is 1. The van der Waals surface area contributed by atoms with E-state index < -0.39 is 0 Å². The minimum atomic E-state index is -0.308. The van der Waals surface area contributed by atoms with Gasteiger partial charge in [0.05, 0.1) is 25.0 Å². The van der Waals surface area contributed by atoms with Gasteiger partial charge in [-0.2, -0.15) is 0 Å². The van der Waals surface area contributed by atoms with Gasteiger partial charge < -0.3 is 9.72 Å². The third-order valence-corrected chi connectivity index (χ3v) is 1.82. The number of fused-ring (bicyclic) bond motifs is 1. The van der Waals surface area contributed by atoms with Gasteiger partial charge in [0.15, 0.2) is 0 Å². The fourth-order valence-corrected chi connectivity index (χ4v) is 1.17. The van der Waals surface area contributed by atoms with Crippen LogP contribution in [-0.2, 0) is 0 Å². The third-order valence-electron chi connectivity index (χ3n) is 1.82. The Kier molecular flexibility index (Phi) is 1.96. The molecule has 2 radical (unpaired) electrons. The van der Waals surface area contributed by atoms with Crippen molar-refractivity contribution in [3.05, 3.63) is 22.7 Å². The predicted molar refractivity (Wildman–Crippen MR) is 52.1 cm³/mol. The number of aromatic nitrogens is 3. The molecular weight excluding hydrogens is 181 g/mol. The molecule has 0 bridgehead atoms. The number of hydrogen-bond acceptors (Lipinski definition) is 4. The number of methoxy groups -OCH3 is 1. The molecule has 2 heterocycles. The fraction of sp³-hybridized carbons (Fsp3) is 0.125. The zero-order valence-electron chi connectivity index (χ0n) is 7.44. The number of rotatable bonds is 1. The molecule has 0 spiro atoms. The molecule has 0 saturated heterocycles. The van der Waals surface area contributed by atoms with Gasteiger partial charge in [-0.15, -0.1) is 0 Å². The summed E-state index contributed by atoms with van der Waals surface area (Å²) in [4.78, 5) is 21.4. The highest BCUT2D eigenvalue weighted by atomic mass is 16.5. The van der Waals surface area contributed by atoms with Gasteiger partial charge in [0.25, 0.3) is 5.56 Å². The molecule has 6 heteroatoms. The first kappa shape index (κ1) is 8.74. The largest absolute Gasteiger partial charge is 0.481 e. The van der Waals surface area contributed by atoms with Crippen LogP contribution in [0.1, 0.15) is 0 Å². The van der Waals surface area contributed by atoms with Crippen LogP contribution in [0, 0.1) is 0 Å². The van der Waals surface area contributed by atoms with Crippen LogP contribution >= 0.6 is 0 Å². The van der Waals surface area contributed by atoms with Crippen molar-refractivity contribution in [2.75, 3.05) is 7.11 Å². The average molecular weight is 187 g/mol. The lowest BCUT2D eigenvalue weighted by molar-refractivity contribution is 0.402. The number of nitrogens with one attached hydrogen (secondary N) is 1. The lowest BCUT2D eigenvalue weighted by Gasteiger charge is -2.05. The molecule has 2 aromatic rings. The second-order valence-electron chi connectivity index (χ2n) is 2.69. The van der Waals surface area contributed by atoms with Crippen molar-refractivity contribution in [2.24, 2.45) is 0 Å². The normalized spacial score (nSPS) is 10.4. The Morgan fingerprint density at radius 1 is 1.43 bits per heavy atom. The van der Waals surface area contributed by atoms with E-state index in [1.165, 1.54) is 19.5 Å². The van der Waals surface area contributed by atoms with Crippen LogP contribution < -0.4 is 15.8 Å². The summed E-state index contributed by atoms with van der Waals surface area (Å²) in [6, 6.07) is 0. The van der Waals surface area contributed by atoms with E-state index in [1.807, 2.05) is 0 Å². The molecule has 5 nitrogen and oxygen atoms in total. The standard InChI is InChI=1S/C8H6BN3O2/c1-14-8-6(9)7-4(2-11-8)10-3-5(13)12-7/h2-3H,1H3,(H,12,13). The first-order valence-corrected chi connectivity index (χ1v) is 3.90. The lowest BCUT2D eigenvalue weighted by atomic mass is 9.96. The molecular formula is C8H6BN3O2. The van der Waals surface area contributed by atoms with E-state index in [4.69, 9.17) is 12.6 Å². The maximum atomic E-state index is 11.0. The Morgan fingerprint density at radius 3 is 2.93 bits per heavy atom. The summed E-state index contributed by atoms with van der Waals surface area (Å²) in [7, 11) is 7.16. The zero-order valence-corrected chi connectivity index (χ0v) is 7.44. The maximum absolute atomic E-state index is 11.0. The van der Waals surface area contributed by atoms with E-state index in [9.17, 15) is 4.79 Å². The van der Waals surface area contributed by atoms with E-state index >= 15 is 0 Å². The van der Waals surface area contributed by atoms with Gasteiger partial charge in [-0.25, -0.2) is 9.97 Å². The third kappa shape index (κ3) is 1.24. The van der Waals surface area contributed by atoms with Crippen molar-refractivity contribution >= 4 is 24.3 Å². The van der Waals surface area contributed by atoms with Gasteiger partial charge in [0.2, 0.25) is 5.88 Å². The molecule has 14 heavy (non-hydrogen) atoms. The molecule has 0 unspecified atom stereocenters. The molecule has 0 aliphatic carbocycles. The molecule has 0 aliphatic heterocycles. The summed E-state index contributed by atoms with van der Waals surface area (Å²) in [5.41, 5.74) is 0.958. The van der Waals surface area contributed by atoms with Crippen LogP contribution in [0.3, 0.4) is 0 Å². The number of aromatic amines is 1. The molecule has 0 atom stereocenters. The maximum Gasteiger partial charge on any atom is 0.266 e. The Balaban J connectivity index is 2.86. The van der Waals surface area contributed by atoms with Crippen LogP contribution in [0.15, 0.2) is 17.2 Å². The topological polar surface area (TPSA) is 67.9 Å². The first-order chi connectivity index (χ1) is 6.72. The molecule has 2 aromatic heterocycles. The van der Waals surface area contributed by atoms with Crippen molar-refractivity contribution in [1.82, 2.24) is 15.0 Å². The van der Waals surface area contributed by atoms with Crippen LogP contribution in [-0.4, -0.2) is 29.9 Å². The molecule has 0 aromatic carbocycles. The SMILES string of the molecule is [B]c1c(OC)ncc2ncc(=O)[nH]c12. The van der Waals surface area contributed by atoms with Gasteiger partial charge in [0.1, 0.15) is 13.4 Å². The van der Waals surface area contributed by atoms with Gasteiger partial charge in [-0.05, 0) is 5.46 Å². The predicted octanol–water partition coefficient (Wildman–Crippen LogP) is -0.879. The summed E-state index contributed by atoms with van der Waals surface area (Å²) in [5, 5.41) is 0. The second kappa shape index (κ2) is 3.14. The number of hydrogen-bond donors (Lipinski definition) is 1. The molecule has 0 fully saturated rings. The minimum absolute atomic E-state index is 0.279. The second-order valence-corrected chi connectivity index (χ2v) is 2.69. The highest BCUT2D eigenvalue weighted by Gasteiger charge is 2.05. The highest BCUT2D eigenvalue weighted by molar-refractivity contribution is 6.39. The number of ether oxygens (including phenoxy) is 1. The summed E-state index contributed by atoms with van der Waals surface area (Å²) in [5.74, 6) is 0.279.